The Balaban J connectivity index is 1.57. The number of hydrogen-bond acceptors (Lipinski definition) is 4. The number of aliphatic imine (C=N–C) groups is 1. The van der Waals surface area contributed by atoms with Gasteiger partial charge >= 0.3 is 0 Å². The molecular formula is C23H36N4O3S. The molecule has 0 radical (unpaired) electrons. The van der Waals surface area contributed by atoms with Gasteiger partial charge in [-0.25, -0.2) is 8.42 Å². The molecule has 2 atom stereocenters. The predicted molar refractivity (Wildman–Crippen MR) is 124 cm³/mol. The van der Waals surface area contributed by atoms with Crippen molar-refractivity contribution < 1.29 is 13.2 Å². The highest BCUT2D eigenvalue weighted by atomic mass is 32.2. The third kappa shape index (κ3) is 6.45. The second-order valence-corrected chi connectivity index (χ2v) is 10.6. The first-order chi connectivity index (χ1) is 14.9. The Morgan fingerprint density at radius 2 is 1.87 bits per heavy atom. The van der Waals surface area contributed by atoms with E-state index in [0.717, 1.165) is 38.6 Å². The average Bonchev–Trinajstić information content (AvgIpc) is 3.46. The Morgan fingerprint density at radius 1 is 1.16 bits per heavy atom. The smallest absolute Gasteiger partial charge is 0.225 e. The van der Waals surface area contributed by atoms with E-state index in [2.05, 4.69) is 15.6 Å². The van der Waals surface area contributed by atoms with E-state index < -0.39 is 9.84 Å². The lowest BCUT2D eigenvalue weighted by Gasteiger charge is -2.24. The number of nitrogens with zero attached hydrogens (tertiary/aromatic N) is 2. The molecule has 1 aliphatic carbocycles. The molecule has 1 saturated carbocycles. The van der Waals surface area contributed by atoms with Crippen LogP contribution in [-0.2, 0) is 14.6 Å². The summed E-state index contributed by atoms with van der Waals surface area (Å²) >= 11 is 0. The van der Waals surface area contributed by atoms with Crippen LogP contribution in [0.5, 0.6) is 0 Å². The molecule has 0 aromatic heterocycles. The summed E-state index contributed by atoms with van der Waals surface area (Å²) in [5.41, 5.74) is 0. The number of rotatable bonds is 8. The largest absolute Gasteiger partial charge is 0.353 e. The normalized spacial score (nSPS) is 21.3. The van der Waals surface area contributed by atoms with Gasteiger partial charge in [-0.15, -0.1) is 0 Å². The number of benzene rings is 1. The maximum Gasteiger partial charge on any atom is 0.225 e. The quantitative estimate of drug-likeness (QED) is 0.471. The van der Waals surface area contributed by atoms with Gasteiger partial charge in [0.15, 0.2) is 15.8 Å². The van der Waals surface area contributed by atoms with E-state index in [1.54, 1.807) is 24.3 Å². The number of sulfone groups is 1. The van der Waals surface area contributed by atoms with Gasteiger partial charge in [-0.05, 0) is 44.7 Å². The molecule has 31 heavy (non-hydrogen) atoms. The lowest BCUT2D eigenvalue weighted by atomic mass is 10.1. The molecule has 0 spiro atoms. The van der Waals surface area contributed by atoms with E-state index in [4.69, 9.17) is 0 Å². The van der Waals surface area contributed by atoms with Crippen molar-refractivity contribution >= 4 is 21.7 Å². The molecule has 2 fully saturated rings. The molecule has 1 aromatic rings. The van der Waals surface area contributed by atoms with Crippen molar-refractivity contribution in [1.29, 1.82) is 0 Å². The van der Waals surface area contributed by atoms with Gasteiger partial charge in [0.2, 0.25) is 5.91 Å². The van der Waals surface area contributed by atoms with Gasteiger partial charge in [0, 0.05) is 37.6 Å². The highest BCUT2D eigenvalue weighted by Crippen LogP contribution is 2.27. The first-order valence-electron chi connectivity index (χ1n) is 11.6. The summed E-state index contributed by atoms with van der Waals surface area (Å²) < 4.78 is 25.6. The van der Waals surface area contributed by atoms with Crippen LogP contribution in [-0.4, -0.2) is 62.7 Å². The van der Waals surface area contributed by atoms with E-state index in [9.17, 15) is 13.2 Å². The van der Waals surface area contributed by atoms with Gasteiger partial charge in [0.25, 0.3) is 0 Å². The Hall–Kier alpha value is -2.09. The molecule has 1 amide bonds. The van der Waals surface area contributed by atoms with Gasteiger partial charge in [-0.3, -0.25) is 9.79 Å². The number of guanidine groups is 1. The van der Waals surface area contributed by atoms with Gasteiger partial charge < -0.3 is 15.5 Å². The standard InChI is InChI=1S/C23H36N4O3S/c1-3-19(17-31(29,30)21-12-6-5-7-13-21)25-23(24-4-2)26-20-14-15-27(16-20)22(28)18-10-8-9-11-18/h5-7,12-13,18-20H,3-4,8-11,14-17H2,1-2H3,(H2,24,25,26). The molecule has 2 unspecified atom stereocenters. The molecule has 2 N–H and O–H groups in total. The number of carbonyl (C=O) groups excluding carboxylic acids is 1. The number of nitrogens with one attached hydrogen (secondary N) is 2. The van der Waals surface area contributed by atoms with E-state index in [0.29, 0.717) is 36.3 Å². The van der Waals surface area contributed by atoms with Crippen molar-refractivity contribution in [2.45, 2.75) is 69.4 Å². The Morgan fingerprint density at radius 3 is 2.52 bits per heavy atom. The molecule has 172 valence electrons. The van der Waals surface area contributed by atoms with Crippen LogP contribution in [0.25, 0.3) is 0 Å². The van der Waals surface area contributed by atoms with Crippen molar-refractivity contribution in [2.75, 3.05) is 25.4 Å². The third-order valence-corrected chi connectivity index (χ3v) is 8.05. The topological polar surface area (TPSA) is 90.9 Å². The van der Waals surface area contributed by atoms with Crippen molar-refractivity contribution in [3.8, 4) is 0 Å². The van der Waals surface area contributed by atoms with Gasteiger partial charge in [0.05, 0.1) is 10.6 Å². The SMILES string of the molecule is CCN=C(NC1CCN(C(=O)C2CCCC2)C1)NC(CC)CS(=O)(=O)c1ccccc1. The number of likely N-dealkylation sites (tertiary alicyclic amines) is 1. The van der Waals surface area contributed by atoms with Crippen molar-refractivity contribution in [3.05, 3.63) is 30.3 Å². The lowest BCUT2D eigenvalue weighted by Crippen LogP contribution is -2.50. The maximum atomic E-state index is 12.8. The molecule has 1 aromatic carbocycles. The molecular weight excluding hydrogens is 412 g/mol. The lowest BCUT2D eigenvalue weighted by molar-refractivity contribution is -0.134. The van der Waals surface area contributed by atoms with Crippen LogP contribution in [0.15, 0.2) is 40.2 Å². The number of carbonyl (C=O) groups is 1. The second kappa shape index (κ2) is 11.0. The molecule has 7 nitrogen and oxygen atoms in total. The highest BCUT2D eigenvalue weighted by molar-refractivity contribution is 7.91. The molecule has 3 rings (SSSR count). The van der Waals surface area contributed by atoms with Crippen LogP contribution in [0.1, 0.15) is 52.4 Å². The molecule has 0 bridgehead atoms. The molecule has 1 saturated heterocycles. The van der Waals surface area contributed by atoms with Gasteiger partial charge in [-0.1, -0.05) is 38.0 Å². The van der Waals surface area contributed by atoms with Crippen LogP contribution in [0.4, 0.5) is 0 Å². The summed E-state index contributed by atoms with van der Waals surface area (Å²) in [5, 5.41) is 6.75. The Labute approximate surface area is 186 Å². The van der Waals surface area contributed by atoms with Crippen LogP contribution in [0.3, 0.4) is 0 Å². The zero-order chi connectivity index (χ0) is 22.3. The summed E-state index contributed by atoms with van der Waals surface area (Å²) in [6.45, 7) is 5.97. The van der Waals surface area contributed by atoms with Crippen molar-refractivity contribution in [1.82, 2.24) is 15.5 Å². The molecule has 8 heteroatoms. The van der Waals surface area contributed by atoms with E-state index in [1.807, 2.05) is 24.8 Å². The highest BCUT2D eigenvalue weighted by Gasteiger charge is 2.32. The zero-order valence-corrected chi connectivity index (χ0v) is 19.5. The van der Waals surface area contributed by atoms with Crippen LogP contribution in [0, 0.1) is 5.92 Å². The second-order valence-electron chi connectivity index (χ2n) is 8.56. The maximum absolute atomic E-state index is 12.8. The van der Waals surface area contributed by atoms with Crippen molar-refractivity contribution in [3.63, 3.8) is 0 Å². The van der Waals surface area contributed by atoms with Crippen LogP contribution >= 0.6 is 0 Å². The third-order valence-electron chi connectivity index (χ3n) is 6.22. The van der Waals surface area contributed by atoms with Gasteiger partial charge in [-0.2, -0.15) is 0 Å². The van der Waals surface area contributed by atoms with E-state index in [-0.39, 0.29) is 23.8 Å². The zero-order valence-electron chi connectivity index (χ0n) is 18.7. The summed E-state index contributed by atoms with van der Waals surface area (Å²) in [6, 6.07) is 8.45. The minimum absolute atomic E-state index is 0.00881. The van der Waals surface area contributed by atoms with E-state index >= 15 is 0 Å². The predicted octanol–water partition coefficient (Wildman–Crippen LogP) is 2.59. The fourth-order valence-corrected chi connectivity index (χ4v) is 6.05. The first-order valence-corrected chi connectivity index (χ1v) is 13.2. The Kier molecular flexibility index (Phi) is 8.35. The van der Waals surface area contributed by atoms with E-state index in [1.165, 1.54) is 0 Å². The minimum atomic E-state index is -3.39. The molecule has 1 heterocycles. The van der Waals surface area contributed by atoms with Crippen molar-refractivity contribution in [2.24, 2.45) is 10.9 Å². The monoisotopic (exact) mass is 448 g/mol. The van der Waals surface area contributed by atoms with Gasteiger partial charge in [0.1, 0.15) is 0 Å². The summed E-state index contributed by atoms with van der Waals surface area (Å²) in [7, 11) is -3.39. The molecule has 1 aliphatic heterocycles. The molecule has 2 aliphatic rings. The van der Waals surface area contributed by atoms with Crippen LogP contribution < -0.4 is 10.6 Å². The number of amides is 1. The number of hydrogen-bond donors (Lipinski definition) is 2. The first kappa shape index (κ1) is 23.6. The summed E-state index contributed by atoms with van der Waals surface area (Å²) in [4.78, 5) is 19.5. The average molecular weight is 449 g/mol. The fourth-order valence-electron chi connectivity index (χ4n) is 4.44. The summed E-state index contributed by atoms with van der Waals surface area (Å²) in [5.74, 6) is 1.13. The van der Waals surface area contributed by atoms with Crippen LogP contribution in [0.2, 0.25) is 0 Å². The fraction of sp³-hybridized carbons (Fsp3) is 0.652. The minimum Gasteiger partial charge on any atom is -0.353 e. The Bertz CT molecular complexity index is 851. The summed E-state index contributed by atoms with van der Waals surface area (Å²) in [6.07, 6.45) is 5.90.